The number of piperazine rings is 1. The molecule has 0 saturated carbocycles. The number of aromatic amines is 1. The molecule has 0 unspecified atom stereocenters. The van der Waals surface area contributed by atoms with Crippen molar-refractivity contribution in [1.82, 2.24) is 14.6 Å². The van der Waals surface area contributed by atoms with Gasteiger partial charge in [-0.15, -0.1) is 0 Å². The molecule has 0 radical (unpaired) electrons. The fraction of sp³-hybridized carbons (Fsp3) is 0.167. The molecule has 4 rings (SSSR count). The number of aromatic nitrogens is 1. The van der Waals surface area contributed by atoms with E-state index in [9.17, 15) is 17.6 Å². The first-order valence-electron chi connectivity index (χ1n) is 8.09. The number of sulfonamides is 1. The van der Waals surface area contributed by atoms with E-state index in [-0.39, 0.29) is 32.6 Å². The van der Waals surface area contributed by atoms with Gasteiger partial charge in [0, 0.05) is 38.6 Å². The number of fused-ring (bicyclic) bond motifs is 1. The van der Waals surface area contributed by atoms with Gasteiger partial charge in [0.2, 0.25) is 15.9 Å². The maximum absolute atomic E-state index is 13.3. The Morgan fingerprint density at radius 1 is 1.12 bits per heavy atom. The molecule has 1 aromatic heterocycles. The van der Waals surface area contributed by atoms with Gasteiger partial charge in [0.05, 0.1) is 11.4 Å². The zero-order valence-corrected chi connectivity index (χ0v) is 14.5. The Kier molecular flexibility index (Phi) is 4.01. The summed E-state index contributed by atoms with van der Waals surface area (Å²) in [6, 6.07) is 11.0. The average molecular weight is 377 g/mol. The predicted molar refractivity (Wildman–Crippen MR) is 99.7 cm³/mol. The zero-order valence-electron chi connectivity index (χ0n) is 13.7. The van der Waals surface area contributed by atoms with Crippen molar-refractivity contribution in [1.29, 1.82) is 0 Å². The molecule has 1 aliphatic rings. The second-order valence-electron chi connectivity index (χ2n) is 6.11. The number of H-pyrrole nitrogens is 1. The van der Waals surface area contributed by atoms with Crippen LogP contribution in [0.15, 0.2) is 53.6 Å². The first-order valence-corrected chi connectivity index (χ1v) is 9.53. The third kappa shape index (κ3) is 2.87. The Morgan fingerprint density at radius 3 is 2.62 bits per heavy atom. The predicted octanol–water partition coefficient (Wildman–Crippen LogP) is 2.59. The molecule has 2 N–H and O–H groups in total. The second kappa shape index (κ2) is 6.22. The topological polar surface area (TPSA) is 82.3 Å². The Hall–Kier alpha value is -2.71. The van der Waals surface area contributed by atoms with Gasteiger partial charge < -0.3 is 10.3 Å². The van der Waals surface area contributed by atoms with Crippen molar-refractivity contribution >= 4 is 26.8 Å². The number of nitrogens with one attached hydrogen (secondary N) is 2. The molecule has 1 aliphatic heterocycles. The van der Waals surface area contributed by atoms with E-state index < -0.39 is 10.0 Å². The van der Waals surface area contributed by atoms with Gasteiger partial charge in [-0.25, -0.2) is 12.8 Å². The highest BCUT2D eigenvalue weighted by atomic mass is 32.2. The Bertz CT molecular complexity index is 1100. The molecule has 2 aromatic carbocycles. The lowest BCUT2D eigenvalue weighted by Gasteiger charge is -2.25. The van der Waals surface area contributed by atoms with Gasteiger partial charge in [-0.3, -0.25) is 4.79 Å². The van der Waals surface area contributed by atoms with Gasteiger partial charge in [0.1, 0.15) is 5.82 Å². The quantitative estimate of drug-likeness (QED) is 0.736. The summed E-state index contributed by atoms with van der Waals surface area (Å²) in [7, 11) is -3.71. The van der Waals surface area contributed by atoms with E-state index in [0.717, 1.165) is 16.5 Å². The Morgan fingerprint density at radius 2 is 1.88 bits per heavy atom. The lowest BCUT2D eigenvalue weighted by molar-refractivity contribution is -0.122. The fourth-order valence-corrected chi connectivity index (χ4v) is 4.51. The number of hydrogen-bond acceptors (Lipinski definition) is 3. The lowest BCUT2D eigenvalue weighted by atomic mass is 10.1. The molecule has 138 valence electrons. The van der Waals surface area contributed by atoms with Crippen LogP contribution in [0.4, 0.5) is 4.39 Å². The van der Waals surface area contributed by atoms with Crippen LogP contribution < -0.4 is 5.32 Å². The van der Waals surface area contributed by atoms with Gasteiger partial charge in [-0.2, -0.15) is 4.31 Å². The smallest absolute Gasteiger partial charge is 0.243 e. The molecule has 2 heterocycles. The van der Waals surface area contributed by atoms with Crippen LogP contribution in [-0.2, 0) is 14.8 Å². The van der Waals surface area contributed by atoms with Crippen LogP contribution in [0.1, 0.15) is 2.85 Å². The summed E-state index contributed by atoms with van der Waals surface area (Å²) in [5.74, 6) is -0.625. The minimum absolute atomic E-state index is 0. The van der Waals surface area contributed by atoms with E-state index in [0.29, 0.717) is 12.1 Å². The summed E-state index contributed by atoms with van der Waals surface area (Å²) in [6.07, 6.45) is 1.77. The van der Waals surface area contributed by atoms with Crippen molar-refractivity contribution in [2.24, 2.45) is 0 Å². The molecule has 0 spiro atoms. The summed E-state index contributed by atoms with van der Waals surface area (Å²) >= 11 is 0. The molecule has 0 aliphatic carbocycles. The van der Waals surface area contributed by atoms with E-state index in [2.05, 4.69) is 10.3 Å². The fourth-order valence-electron chi connectivity index (χ4n) is 3.11. The van der Waals surface area contributed by atoms with Crippen molar-refractivity contribution in [3.8, 4) is 11.1 Å². The highest BCUT2D eigenvalue weighted by molar-refractivity contribution is 7.89. The van der Waals surface area contributed by atoms with Crippen LogP contribution in [0.25, 0.3) is 22.0 Å². The highest BCUT2D eigenvalue weighted by Crippen LogP contribution is 2.30. The van der Waals surface area contributed by atoms with Crippen molar-refractivity contribution < 1.29 is 20.5 Å². The van der Waals surface area contributed by atoms with E-state index >= 15 is 0 Å². The first kappa shape index (κ1) is 16.7. The van der Waals surface area contributed by atoms with Crippen molar-refractivity contribution in [3.05, 3.63) is 54.5 Å². The molecule has 0 atom stereocenters. The van der Waals surface area contributed by atoms with Crippen LogP contribution in [0.3, 0.4) is 0 Å². The van der Waals surface area contributed by atoms with Crippen molar-refractivity contribution in [2.45, 2.75) is 4.90 Å². The van der Waals surface area contributed by atoms with Gasteiger partial charge in [0.15, 0.2) is 0 Å². The molecular formula is C18H20FN3O3S. The van der Waals surface area contributed by atoms with Crippen LogP contribution in [0.2, 0.25) is 0 Å². The summed E-state index contributed by atoms with van der Waals surface area (Å²) < 4.78 is 39.8. The van der Waals surface area contributed by atoms with Crippen LogP contribution >= 0.6 is 0 Å². The number of nitrogens with zero attached hydrogens (tertiary/aromatic N) is 1. The van der Waals surface area contributed by atoms with E-state index in [1.54, 1.807) is 24.4 Å². The number of halogens is 1. The van der Waals surface area contributed by atoms with Gasteiger partial charge in [-0.1, -0.05) is 12.1 Å². The largest absolute Gasteiger partial charge is 0.360 e. The van der Waals surface area contributed by atoms with E-state index in [1.165, 1.54) is 28.6 Å². The normalized spacial score (nSPS) is 16.0. The number of rotatable bonds is 3. The minimum atomic E-state index is -3.71. The number of hydrogen-bond donors (Lipinski definition) is 2. The monoisotopic (exact) mass is 377 g/mol. The summed E-state index contributed by atoms with van der Waals surface area (Å²) in [6.45, 7) is 0.393. The average Bonchev–Trinajstić information content (AvgIpc) is 3.05. The molecule has 0 bridgehead atoms. The molecule has 3 aromatic rings. The molecule has 6 nitrogen and oxygen atoms in total. The molecule has 8 heteroatoms. The Balaban J connectivity index is 0.00000140. The van der Waals surface area contributed by atoms with Crippen LogP contribution in [0, 0.1) is 5.82 Å². The molecular weight excluding hydrogens is 357 g/mol. The maximum Gasteiger partial charge on any atom is 0.243 e. The number of carbonyl (C=O) groups excluding carboxylic acids is 1. The molecule has 26 heavy (non-hydrogen) atoms. The van der Waals surface area contributed by atoms with Crippen molar-refractivity contribution in [3.63, 3.8) is 0 Å². The van der Waals surface area contributed by atoms with E-state index in [1.807, 2.05) is 0 Å². The standard InChI is InChI=1S/C18H16FN3O3S.2H2/c19-13-3-6-15-16(10-21-17(15)9-13)12-1-4-14(5-2-12)26(24,25)22-8-7-20-18(23)11-22;;/h1-6,9-10,21H,7-8,11H2,(H,20,23);2*1H. The van der Waals surface area contributed by atoms with Gasteiger partial charge in [-0.05, 0) is 35.9 Å². The summed E-state index contributed by atoms with van der Waals surface area (Å²) in [5, 5.41) is 3.47. The van der Waals surface area contributed by atoms with Crippen LogP contribution in [-0.4, -0.2) is 43.2 Å². The Labute approximate surface area is 152 Å². The zero-order chi connectivity index (χ0) is 18.3. The summed E-state index contributed by atoms with van der Waals surface area (Å²) in [5.41, 5.74) is 2.36. The second-order valence-corrected chi connectivity index (χ2v) is 8.04. The van der Waals surface area contributed by atoms with Crippen molar-refractivity contribution in [2.75, 3.05) is 19.6 Å². The molecule has 1 saturated heterocycles. The minimum Gasteiger partial charge on any atom is -0.360 e. The number of carbonyl (C=O) groups is 1. The third-order valence-electron chi connectivity index (χ3n) is 4.45. The van der Waals surface area contributed by atoms with E-state index in [4.69, 9.17) is 0 Å². The van der Waals surface area contributed by atoms with Gasteiger partial charge >= 0.3 is 0 Å². The molecule has 1 amide bonds. The van der Waals surface area contributed by atoms with Gasteiger partial charge in [0.25, 0.3) is 0 Å². The summed E-state index contributed by atoms with van der Waals surface area (Å²) in [4.78, 5) is 14.6. The van der Waals surface area contributed by atoms with Crippen LogP contribution in [0.5, 0.6) is 0 Å². The number of benzene rings is 2. The molecule has 1 fully saturated rings. The first-order chi connectivity index (χ1) is 12.4. The maximum atomic E-state index is 13.3. The highest BCUT2D eigenvalue weighted by Gasteiger charge is 2.29. The number of amides is 1. The third-order valence-corrected chi connectivity index (χ3v) is 6.31. The SMILES string of the molecule is O=C1CN(S(=O)(=O)c2ccc(-c3c[nH]c4cc(F)ccc34)cc2)CCN1.[HH].[HH]. The lowest BCUT2D eigenvalue weighted by Crippen LogP contribution is -2.49.